The summed E-state index contributed by atoms with van der Waals surface area (Å²) in [6, 6.07) is 5.34. The minimum Gasteiger partial charge on any atom is -0.166 e. The summed E-state index contributed by atoms with van der Waals surface area (Å²) < 4.78 is 38.5. The van der Waals surface area contributed by atoms with Crippen LogP contribution in [0.25, 0.3) is 10.6 Å². The normalized spacial score (nSPS) is 11.8. The van der Waals surface area contributed by atoms with Crippen LogP contribution in [0.1, 0.15) is 10.6 Å². The Morgan fingerprint density at radius 3 is 2.56 bits per heavy atom. The first-order chi connectivity index (χ1) is 8.52. The lowest BCUT2D eigenvalue weighted by Crippen LogP contribution is -2.06. The summed E-state index contributed by atoms with van der Waals surface area (Å²) in [5, 5.41) is 8.51. The van der Waals surface area contributed by atoms with Crippen LogP contribution in [-0.4, -0.2) is 16.1 Å². The smallest absolute Gasteiger partial charge is 0.166 e. The standard InChI is InChI=1S/C11H8ClF3N2S/c12-6-5-9-16-17-10(18-9)7-3-1-2-4-8(7)11(13,14)15/h1-4H,5-6H2. The van der Waals surface area contributed by atoms with Gasteiger partial charge in [-0.05, 0) is 6.07 Å². The van der Waals surface area contributed by atoms with E-state index in [4.69, 9.17) is 11.6 Å². The van der Waals surface area contributed by atoms with Gasteiger partial charge in [0, 0.05) is 17.9 Å². The van der Waals surface area contributed by atoms with Crippen LogP contribution >= 0.6 is 22.9 Å². The van der Waals surface area contributed by atoms with Gasteiger partial charge in [-0.3, -0.25) is 0 Å². The van der Waals surface area contributed by atoms with Crippen LogP contribution in [0.5, 0.6) is 0 Å². The van der Waals surface area contributed by atoms with Crippen molar-refractivity contribution < 1.29 is 13.2 Å². The molecule has 0 saturated carbocycles. The largest absolute Gasteiger partial charge is 0.417 e. The van der Waals surface area contributed by atoms with Crippen LogP contribution in [0.15, 0.2) is 24.3 Å². The van der Waals surface area contributed by atoms with E-state index in [1.54, 1.807) is 6.07 Å². The van der Waals surface area contributed by atoms with Crippen molar-refractivity contribution in [3.8, 4) is 10.6 Å². The Morgan fingerprint density at radius 2 is 1.89 bits per heavy atom. The molecule has 96 valence electrons. The molecule has 2 rings (SSSR count). The summed E-state index contributed by atoms with van der Waals surface area (Å²) in [5.41, 5.74) is -0.637. The molecule has 0 radical (unpaired) electrons. The second-order valence-electron chi connectivity index (χ2n) is 3.48. The first-order valence-corrected chi connectivity index (χ1v) is 6.42. The summed E-state index contributed by atoms with van der Waals surface area (Å²) in [7, 11) is 0. The van der Waals surface area contributed by atoms with Gasteiger partial charge < -0.3 is 0 Å². The number of aryl methyl sites for hydroxylation is 1. The molecule has 0 atom stereocenters. The average molecular weight is 293 g/mol. The number of aromatic nitrogens is 2. The summed E-state index contributed by atoms with van der Waals surface area (Å²) in [4.78, 5) is 0. The van der Waals surface area contributed by atoms with Gasteiger partial charge in [0.2, 0.25) is 0 Å². The second kappa shape index (κ2) is 5.24. The van der Waals surface area contributed by atoms with E-state index in [1.165, 1.54) is 12.1 Å². The van der Waals surface area contributed by atoms with Gasteiger partial charge in [0.1, 0.15) is 10.0 Å². The molecule has 2 aromatic rings. The number of rotatable bonds is 3. The van der Waals surface area contributed by atoms with Gasteiger partial charge in [0.25, 0.3) is 0 Å². The highest BCUT2D eigenvalue weighted by Gasteiger charge is 2.34. The summed E-state index contributed by atoms with van der Waals surface area (Å²) in [6.45, 7) is 0. The van der Waals surface area contributed by atoms with E-state index in [0.29, 0.717) is 17.3 Å². The number of hydrogen-bond acceptors (Lipinski definition) is 3. The van der Waals surface area contributed by atoms with Gasteiger partial charge in [0.15, 0.2) is 0 Å². The Hall–Kier alpha value is -1.14. The van der Waals surface area contributed by atoms with Crippen molar-refractivity contribution in [2.45, 2.75) is 12.6 Å². The van der Waals surface area contributed by atoms with Crippen molar-refractivity contribution in [1.29, 1.82) is 0 Å². The summed E-state index contributed by atoms with van der Waals surface area (Å²) >= 11 is 6.69. The molecule has 0 bridgehead atoms. The zero-order valence-electron chi connectivity index (χ0n) is 9.04. The Bertz CT molecular complexity index is 539. The first-order valence-electron chi connectivity index (χ1n) is 5.07. The fraction of sp³-hybridized carbons (Fsp3) is 0.273. The van der Waals surface area contributed by atoms with Crippen molar-refractivity contribution in [2.75, 3.05) is 5.88 Å². The number of benzene rings is 1. The highest BCUT2D eigenvalue weighted by atomic mass is 35.5. The summed E-state index contributed by atoms with van der Waals surface area (Å²) in [5.74, 6) is 0.371. The van der Waals surface area contributed by atoms with Crippen molar-refractivity contribution in [3.05, 3.63) is 34.8 Å². The molecule has 2 nitrogen and oxygen atoms in total. The Kier molecular flexibility index (Phi) is 3.87. The van der Waals surface area contributed by atoms with E-state index in [0.717, 1.165) is 17.4 Å². The third-order valence-corrected chi connectivity index (χ3v) is 3.44. The van der Waals surface area contributed by atoms with Gasteiger partial charge in [-0.15, -0.1) is 21.8 Å². The molecule has 1 aromatic heterocycles. The molecule has 0 amide bonds. The molecule has 0 saturated heterocycles. The van der Waals surface area contributed by atoms with E-state index in [9.17, 15) is 13.2 Å². The van der Waals surface area contributed by atoms with Crippen molar-refractivity contribution in [1.82, 2.24) is 10.2 Å². The van der Waals surface area contributed by atoms with E-state index in [2.05, 4.69) is 10.2 Å². The Balaban J connectivity index is 2.43. The SMILES string of the molecule is FC(F)(F)c1ccccc1-c1nnc(CCCl)s1. The molecular formula is C11H8ClF3N2S. The van der Waals surface area contributed by atoms with Crippen LogP contribution in [0.2, 0.25) is 0 Å². The molecule has 1 aromatic carbocycles. The van der Waals surface area contributed by atoms with Gasteiger partial charge in [-0.25, -0.2) is 0 Å². The lowest BCUT2D eigenvalue weighted by molar-refractivity contribution is -0.137. The topological polar surface area (TPSA) is 25.8 Å². The first kappa shape index (κ1) is 13.3. The Morgan fingerprint density at radius 1 is 1.17 bits per heavy atom. The van der Waals surface area contributed by atoms with Gasteiger partial charge in [0.05, 0.1) is 5.56 Å². The highest BCUT2D eigenvalue weighted by molar-refractivity contribution is 7.14. The van der Waals surface area contributed by atoms with E-state index < -0.39 is 11.7 Å². The fourth-order valence-corrected chi connectivity index (χ4v) is 2.63. The molecule has 1 heterocycles. The molecular weight excluding hydrogens is 285 g/mol. The van der Waals surface area contributed by atoms with Crippen LogP contribution in [0, 0.1) is 0 Å². The van der Waals surface area contributed by atoms with Crippen LogP contribution in [0.3, 0.4) is 0 Å². The quantitative estimate of drug-likeness (QED) is 0.799. The predicted molar refractivity (Wildman–Crippen MR) is 64.8 cm³/mol. The molecule has 7 heteroatoms. The molecule has 0 fully saturated rings. The lowest BCUT2D eigenvalue weighted by atomic mass is 10.1. The van der Waals surface area contributed by atoms with E-state index >= 15 is 0 Å². The highest BCUT2D eigenvalue weighted by Crippen LogP contribution is 2.37. The van der Waals surface area contributed by atoms with Gasteiger partial charge >= 0.3 is 6.18 Å². The molecule has 0 spiro atoms. The molecule has 0 aliphatic rings. The summed E-state index contributed by atoms with van der Waals surface area (Å²) in [6.07, 6.45) is -3.89. The number of alkyl halides is 4. The monoisotopic (exact) mass is 292 g/mol. The maximum absolute atomic E-state index is 12.8. The maximum Gasteiger partial charge on any atom is 0.417 e. The second-order valence-corrected chi connectivity index (χ2v) is 4.92. The van der Waals surface area contributed by atoms with Crippen LogP contribution in [0.4, 0.5) is 13.2 Å². The number of halogens is 4. The molecule has 0 N–H and O–H groups in total. The maximum atomic E-state index is 12.8. The van der Waals surface area contributed by atoms with Crippen molar-refractivity contribution in [2.24, 2.45) is 0 Å². The third kappa shape index (κ3) is 2.81. The van der Waals surface area contributed by atoms with Crippen LogP contribution < -0.4 is 0 Å². The van der Waals surface area contributed by atoms with Gasteiger partial charge in [-0.1, -0.05) is 29.5 Å². The molecule has 18 heavy (non-hydrogen) atoms. The predicted octanol–water partition coefficient (Wildman–Crippen LogP) is 4.01. The third-order valence-electron chi connectivity index (χ3n) is 2.24. The minimum absolute atomic E-state index is 0.0586. The van der Waals surface area contributed by atoms with Crippen molar-refractivity contribution in [3.63, 3.8) is 0 Å². The molecule has 0 aliphatic heterocycles. The molecule has 0 unspecified atom stereocenters. The van der Waals surface area contributed by atoms with E-state index in [1.807, 2.05) is 0 Å². The average Bonchev–Trinajstić information content (AvgIpc) is 2.77. The molecule has 0 aliphatic carbocycles. The zero-order chi connectivity index (χ0) is 13.2. The van der Waals surface area contributed by atoms with Gasteiger partial charge in [-0.2, -0.15) is 13.2 Å². The zero-order valence-corrected chi connectivity index (χ0v) is 10.6. The van der Waals surface area contributed by atoms with Crippen LogP contribution in [-0.2, 0) is 12.6 Å². The van der Waals surface area contributed by atoms with E-state index in [-0.39, 0.29) is 10.6 Å². The van der Waals surface area contributed by atoms with Crippen molar-refractivity contribution >= 4 is 22.9 Å². The Labute approximate surface area is 110 Å². The number of nitrogens with zero attached hydrogens (tertiary/aromatic N) is 2. The number of hydrogen-bond donors (Lipinski definition) is 0. The lowest BCUT2D eigenvalue weighted by Gasteiger charge is -2.09. The fourth-order valence-electron chi connectivity index (χ4n) is 1.46. The minimum atomic E-state index is -4.39.